The smallest absolute Gasteiger partial charge is 0.261 e. The molecule has 0 bridgehead atoms. The second kappa shape index (κ2) is 8.32. The minimum absolute atomic E-state index is 0.162. The van der Waals surface area contributed by atoms with Crippen LogP contribution in [-0.2, 0) is 10.0 Å². The fraction of sp³-hybridized carbons (Fsp3) is 0.188. The van der Waals surface area contributed by atoms with E-state index in [9.17, 15) is 8.42 Å². The Hall–Kier alpha value is -1.83. The third-order valence-corrected chi connectivity index (χ3v) is 4.95. The number of halogens is 1. The third-order valence-electron chi connectivity index (χ3n) is 3.05. The van der Waals surface area contributed by atoms with Crippen LogP contribution in [0.25, 0.3) is 0 Å². The monoisotopic (exact) mass is 383 g/mol. The molecular weight excluding hydrogens is 366 g/mol. The van der Waals surface area contributed by atoms with Gasteiger partial charge in [-0.05, 0) is 67.2 Å². The average molecular weight is 384 g/mol. The Labute approximate surface area is 152 Å². The second-order valence-corrected chi connectivity index (χ2v) is 7.54. The Morgan fingerprint density at radius 2 is 1.62 bits per heavy atom. The summed E-state index contributed by atoms with van der Waals surface area (Å²) in [5, 5.41) is 7.09. The Balaban J connectivity index is 2.05. The molecule has 0 aliphatic rings. The molecule has 0 heterocycles. The molecule has 128 valence electrons. The molecule has 0 atom stereocenters. The van der Waals surface area contributed by atoms with Crippen LogP contribution < -0.4 is 15.4 Å². The first-order chi connectivity index (χ1) is 11.4. The molecule has 3 N–H and O–H groups in total. The van der Waals surface area contributed by atoms with E-state index < -0.39 is 10.0 Å². The van der Waals surface area contributed by atoms with E-state index in [2.05, 4.69) is 15.4 Å². The highest BCUT2D eigenvalue weighted by Crippen LogP contribution is 2.19. The van der Waals surface area contributed by atoms with Crippen molar-refractivity contribution in [2.24, 2.45) is 0 Å². The molecule has 0 aliphatic carbocycles. The summed E-state index contributed by atoms with van der Waals surface area (Å²) >= 11 is 10.9. The molecule has 2 aromatic rings. The van der Waals surface area contributed by atoms with Crippen LogP contribution >= 0.6 is 23.8 Å². The van der Waals surface area contributed by atoms with Gasteiger partial charge < -0.3 is 10.6 Å². The Morgan fingerprint density at radius 1 is 1.04 bits per heavy atom. The summed E-state index contributed by atoms with van der Waals surface area (Å²) in [5.41, 5.74) is 1.17. The molecule has 5 nitrogen and oxygen atoms in total. The number of benzene rings is 2. The van der Waals surface area contributed by atoms with Crippen molar-refractivity contribution in [3.63, 3.8) is 0 Å². The SMILES string of the molecule is CCCNC(=S)Nc1ccc(S(=O)(=O)Nc2ccc(Cl)cc2)cc1. The molecule has 0 fully saturated rings. The molecule has 0 aliphatic heterocycles. The second-order valence-electron chi connectivity index (χ2n) is 5.02. The summed E-state index contributed by atoms with van der Waals surface area (Å²) in [6.07, 6.45) is 0.968. The van der Waals surface area contributed by atoms with Gasteiger partial charge in [0.05, 0.1) is 4.90 Å². The standard InChI is InChI=1S/C16H18ClN3O2S2/c1-2-11-18-16(23)19-13-7-9-15(10-8-13)24(21,22)20-14-5-3-12(17)4-6-14/h3-10,20H,2,11H2,1H3,(H2,18,19,23). The van der Waals surface area contributed by atoms with Crippen molar-refractivity contribution in [1.82, 2.24) is 5.32 Å². The summed E-state index contributed by atoms with van der Waals surface area (Å²) in [6.45, 7) is 2.83. The number of sulfonamides is 1. The van der Waals surface area contributed by atoms with Gasteiger partial charge in [0.25, 0.3) is 10.0 Å². The van der Waals surface area contributed by atoms with E-state index in [1.54, 1.807) is 36.4 Å². The Kier molecular flexibility index (Phi) is 6.42. The van der Waals surface area contributed by atoms with Gasteiger partial charge in [0.15, 0.2) is 5.11 Å². The summed E-state index contributed by atoms with van der Waals surface area (Å²) < 4.78 is 27.2. The van der Waals surface area contributed by atoms with E-state index in [4.69, 9.17) is 23.8 Å². The van der Waals surface area contributed by atoms with Crippen molar-refractivity contribution in [3.8, 4) is 0 Å². The summed E-state index contributed by atoms with van der Waals surface area (Å²) in [7, 11) is -3.65. The molecule has 0 unspecified atom stereocenters. The van der Waals surface area contributed by atoms with Gasteiger partial charge in [-0.3, -0.25) is 4.72 Å². The maximum Gasteiger partial charge on any atom is 0.261 e. The fourth-order valence-corrected chi connectivity index (χ4v) is 3.27. The summed E-state index contributed by atoms with van der Waals surface area (Å²) in [5.74, 6) is 0. The van der Waals surface area contributed by atoms with E-state index in [0.29, 0.717) is 21.5 Å². The molecule has 0 aromatic heterocycles. The first kappa shape index (κ1) is 18.5. The number of nitrogens with one attached hydrogen (secondary N) is 3. The van der Waals surface area contributed by atoms with Crippen LogP contribution in [0, 0.1) is 0 Å². The first-order valence-corrected chi connectivity index (χ1v) is 9.61. The molecule has 8 heteroatoms. The van der Waals surface area contributed by atoms with Gasteiger partial charge in [0, 0.05) is 22.9 Å². The quantitative estimate of drug-likeness (QED) is 0.661. The highest BCUT2D eigenvalue weighted by atomic mass is 35.5. The van der Waals surface area contributed by atoms with E-state index in [0.717, 1.165) is 13.0 Å². The van der Waals surface area contributed by atoms with Crippen molar-refractivity contribution in [2.45, 2.75) is 18.2 Å². The van der Waals surface area contributed by atoms with Crippen molar-refractivity contribution >= 4 is 50.3 Å². The van der Waals surface area contributed by atoms with Gasteiger partial charge in [0.2, 0.25) is 0 Å². The van der Waals surface area contributed by atoms with Crippen molar-refractivity contribution < 1.29 is 8.42 Å². The van der Waals surface area contributed by atoms with E-state index in [-0.39, 0.29) is 4.90 Å². The molecule has 2 rings (SSSR count). The first-order valence-electron chi connectivity index (χ1n) is 7.34. The minimum Gasteiger partial charge on any atom is -0.362 e. The molecular formula is C16H18ClN3O2S2. The van der Waals surface area contributed by atoms with E-state index >= 15 is 0 Å². The normalized spacial score (nSPS) is 10.9. The maximum absolute atomic E-state index is 12.4. The molecule has 0 radical (unpaired) electrons. The predicted octanol–water partition coefficient (Wildman–Crippen LogP) is 3.84. The van der Waals surface area contributed by atoms with Crippen LogP contribution in [0.5, 0.6) is 0 Å². The maximum atomic E-state index is 12.4. The number of hydrogen-bond acceptors (Lipinski definition) is 3. The molecule has 24 heavy (non-hydrogen) atoms. The lowest BCUT2D eigenvalue weighted by Gasteiger charge is -2.11. The van der Waals surface area contributed by atoms with Crippen LogP contribution in [0.3, 0.4) is 0 Å². The zero-order chi connectivity index (χ0) is 17.6. The van der Waals surface area contributed by atoms with Gasteiger partial charge in [-0.1, -0.05) is 18.5 Å². The molecule has 0 saturated carbocycles. The van der Waals surface area contributed by atoms with Gasteiger partial charge in [-0.15, -0.1) is 0 Å². The number of rotatable bonds is 6. The molecule has 0 saturated heterocycles. The third kappa shape index (κ3) is 5.36. The average Bonchev–Trinajstić information content (AvgIpc) is 2.55. The van der Waals surface area contributed by atoms with E-state index in [1.165, 1.54) is 12.1 Å². The highest BCUT2D eigenvalue weighted by Gasteiger charge is 2.14. The largest absolute Gasteiger partial charge is 0.362 e. The summed E-state index contributed by atoms with van der Waals surface area (Å²) in [6, 6.07) is 12.8. The van der Waals surface area contributed by atoms with Crippen molar-refractivity contribution in [2.75, 3.05) is 16.6 Å². The van der Waals surface area contributed by atoms with Gasteiger partial charge in [-0.2, -0.15) is 0 Å². The lowest BCUT2D eigenvalue weighted by atomic mass is 10.3. The molecule has 0 amide bonds. The highest BCUT2D eigenvalue weighted by molar-refractivity contribution is 7.92. The van der Waals surface area contributed by atoms with Crippen LogP contribution in [0.2, 0.25) is 5.02 Å². The van der Waals surface area contributed by atoms with Gasteiger partial charge in [0.1, 0.15) is 0 Å². The minimum atomic E-state index is -3.65. The van der Waals surface area contributed by atoms with Crippen LogP contribution in [0.1, 0.15) is 13.3 Å². The lowest BCUT2D eigenvalue weighted by Crippen LogP contribution is -2.28. The zero-order valence-corrected chi connectivity index (χ0v) is 15.4. The molecule has 2 aromatic carbocycles. The van der Waals surface area contributed by atoms with E-state index in [1.807, 2.05) is 6.92 Å². The molecule has 0 spiro atoms. The lowest BCUT2D eigenvalue weighted by molar-refractivity contribution is 0.601. The Morgan fingerprint density at radius 3 is 2.21 bits per heavy atom. The Bertz CT molecular complexity index is 791. The fourth-order valence-electron chi connectivity index (χ4n) is 1.86. The number of anilines is 2. The van der Waals surface area contributed by atoms with Crippen molar-refractivity contribution in [3.05, 3.63) is 53.6 Å². The topological polar surface area (TPSA) is 70.2 Å². The van der Waals surface area contributed by atoms with Crippen LogP contribution in [0.4, 0.5) is 11.4 Å². The van der Waals surface area contributed by atoms with Crippen LogP contribution in [-0.4, -0.2) is 20.1 Å². The number of thiocarbonyl (C=S) groups is 1. The zero-order valence-electron chi connectivity index (χ0n) is 13.0. The van der Waals surface area contributed by atoms with Gasteiger partial charge >= 0.3 is 0 Å². The number of hydrogen-bond donors (Lipinski definition) is 3. The van der Waals surface area contributed by atoms with Crippen LogP contribution in [0.15, 0.2) is 53.4 Å². The van der Waals surface area contributed by atoms with Crippen molar-refractivity contribution in [1.29, 1.82) is 0 Å². The summed E-state index contributed by atoms with van der Waals surface area (Å²) in [4.78, 5) is 0.162. The van der Waals surface area contributed by atoms with Gasteiger partial charge in [-0.25, -0.2) is 8.42 Å². The predicted molar refractivity (Wildman–Crippen MR) is 103 cm³/mol.